The number of carbonyl (C=O) groups excluding carboxylic acids is 1. The van der Waals surface area contributed by atoms with Crippen LogP contribution in [0.4, 0.5) is 5.69 Å². The third-order valence-electron chi connectivity index (χ3n) is 3.94. The van der Waals surface area contributed by atoms with E-state index in [1.54, 1.807) is 12.1 Å². The molecule has 3 nitrogen and oxygen atoms in total. The van der Waals surface area contributed by atoms with Crippen LogP contribution in [0.15, 0.2) is 48.5 Å². The fourth-order valence-corrected chi connectivity index (χ4v) is 2.38. The second kappa shape index (κ2) is 8.37. The van der Waals surface area contributed by atoms with Crippen LogP contribution in [-0.2, 0) is 0 Å². The van der Waals surface area contributed by atoms with E-state index < -0.39 is 0 Å². The van der Waals surface area contributed by atoms with E-state index in [1.165, 1.54) is 5.56 Å². The van der Waals surface area contributed by atoms with Gasteiger partial charge in [0.25, 0.3) is 5.91 Å². The van der Waals surface area contributed by atoms with Crippen LogP contribution >= 0.6 is 0 Å². The van der Waals surface area contributed by atoms with E-state index in [1.807, 2.05) is 30.3 Å². The van der Waals surface area contributed by atoms with Crippen molar-refractivity contribution in [2.24, 2.45) is 0 Å². The second-order valence-electron chi connectivity index (χ2n) is 5.72. The van der Waals surface area contributed by atoms with Crippen molar-refractivity contribution in [1.29, 1.82) is 0 Å². The molecule has 0 unspecified atom stereocenters. The van der Waals surface area contributed by atoms with Crippen molar-refractivity contribution < 1.29 is 9.53 Å². The number of para-hydroxylation sites is 1. The first-order valence-corrected chi connectivity index (χ1v) is 8.28. The minimum absolute atomic E-state index is 0.0946. The van der Waals surface area contributed by atoms with E-state index >= 15 is 0 Å². The van der Waals surface area contributed by atoms with E-state index in [4.69, 9.17) is 4.74 Å². The van der Waals surface area contributed by atoms with Crippen molar-refractivity contribution >= 4 is 11.6 Å². The van der Waals surface area contributed by atoms with Gasteiger partial charge >= 0.3 is 0 Å². The third kappa shape index (κ3) is 4.59. The topological polar surface area (TPSA) is 38.3 Å². The standard InChI is InChI=1S/C20H25NO2/c1-4-14-23-17-12-10-16(11-13-17)20(22)21-19-9-7-6-8-18(19)15(3)5-2/h6-13,15H,4-5,14H2,1-3H3,(H,21,22)/t15-/m0/s1. The monoisotopic (exact) mass is 311 g/mol. The molecule has 1 amide bonds. The summed E-state index contributed by atoms with van der Waals surface area (Å²) in [5.41, 5.74) is 2.69. The van der Waals surface area contributed by atoms with Crippen LogP contribution in [0.1, 0.15) is 55.5 Å². The van der Waals surface area contributed by atoms with Crippen LogP contribution in [0, 0.1) is 0 Å². The number of ether oxygens (including phenoxy) is 1. The molecule has 0 aliphatic rings. The maximum absolute atomic E-state index is 12.5. The maximum atomic E-state index is 12.5. The van der Waals surface area contributed by atoms with Crippen LogP contribution in [0.3, 0.4) is 0 Å². The Bertz CT molecular complexity index is 634. The summed E-state index contributed by atoms with van der Waals surface area (Å²) < 4.78 is 5.54. The predicted octanol–water partition coefficient (Wildman–Crippen LogP) is 5.24. The van der Waals surface area contributed by atoms with Gasteiger partial charge in [-0.1, -0.05) is 39.0 Å². The van der Waals surface area contributed by atoms with E-state index in [9.17, 15) is 4.79 Å². The molecular weight excluding hydrogens is 286 g/mol. The fourth-order valence-electron chi connectivity index (χ4n) is 2.38. The fraction of sp³-hybridized carbons (Fsp3) is 0.350. The zero-order valence-electron chi connectivity index (χ0n) is 14.1. The SMILES string of the molecule is CCCOc1ccc(C(=O)Nc2ccccc2[C@@H](C)CC)cc1. The molecule has 0 heterocycles. The van der Waals surface area contributed by atoms with Crippen molar-refractivity contribution in [3.63, 3.8) is 0 Å². The zero-order chi connectivity index (χ0) is 16.7. The number of nitrogens with one attached hydrogen (secondary N) is 1. The number of carbonyl (C=O) groups is 1. The van der Waals surface area contributed by atoms with E-state index in [2.05, 4.69) is 32.2 Å². The molecule has 122 valence electrons. The van der Waals surface area contributed by atoms with Crippen molar-refractivity contribution in [3.8, 4) is 5.75 Å². The summed E-state index contributed by atoms with van der Waals surface area (Å²) in [5.74, 6) is 1.11. The minimum atomic E-state index is -0.0946. The lowest BCUT2D eigenvalue weighted by molar-refractivity contribution is 0.102. The number of anilines is 1. The van der Waals surface area contributed by atoms with Gasteiger partial charge in [-0.15, -0.1) is 0 Å². The number of hydrogen-bond acceptors (Lipinski definition) is 2. The van der Waals surface area contributed by atoms with Gasteiger partial charge < -0.3 is 10.1 Å². The van der Waals surface area contributed by atoms with Gasteiger partial charge in [-0.3, -0.25) is 4.79 Å². The average molecular weight is 311 g/mol. The van der Waals surface area contributed by atoms with Crippen molar-refractivity contribution in [2.45, 2.75) is 39.5 Å². The summed E-state index contributed by atoms with van der Waals surface area (Å²) in [4.78, 5) is 12.5. The highest BCUT2D eigenvalue weighted by molar-refractivity contribution is 6.04. The predicted molar refractivity (Wildman–Crippen MR) is 95.3 cm³/mol. The number of rotatable bonds is 7. The molecule has 0 spiro atoms. The third-order valence-corrected chi connectivity index (χ3v) is 3.94. The summed E-state index contributed by atoms with van der Waals surface area (Å²) in [5, 5.41) is 3.02. The van der Waals surface area contributed by atoms with Crippen LogP contribution in [-0.4, -0.2) is 12.5 Å². The lowest BCUT2D eigenvalue weighted by atomic mass is 9.97. The molecule has 0 aromatic heterocycles. The van der Waals surface area contributed by atoms with Gasteiger partial charge in [0, 0.05) is 11.3 Å². The Kier molecular flexibility index (Phi) is 6.21. The smallest absolute Gasteiger partial charge is 0.255 e. The van der Waals surface area contributed by atoms with Gasteiger partial charge in [0.15, 0.2) is 0 Å². The molecule has 0 saturated heterocycles. The Hall–Kier alpha value is -2.29. The van der Waals surface area contributed by atoms with Gasteiger partial charge in [0.05, 0.1) is 6.61 Å². The maximum Gasteiger partial charge on any atom is 0.255 e. The highest BCUT2D eigenvalue weighted by Crippen LogP contribution is 2.27. The molecule has 1 N–H and O–H groups in total. The van der Waals surface area contributed by atoms with E-state index in [0.717, 1.165) is 24.3 Å². The molecule has 0 saturated carbocycles. The van der Waals surface area contributed by atoms with Crippen LogP contribution in [0.25, 0.3) is 0 Å². The Morgan fingerprint density at radius 2 is 1.78 bits per heavy atom. The Balaban J connectivity index is 2.10. The van der Waals surface area contributed by atoms with Crippen molar-refractivity contribution in [1.82, 2.24) is 0 Å². The van der Waals surface area contributed by atoms with E-state index in [0.29, 0.717) is 18.1 Å². The summed E-state index contributed by atoms with van der Waals surface area (Å²) >= 11 is 0. The van der Waals surface area contributed by atoms with Gasteiger partial charge in [0.1, 0.15) is 5.75 Å². The molecular formula is C20H25NO2. The summed E-state index contributed by atoms with van der Waals surface area (Å²) in [6, 6.07) is 15.3. The largest absolute Gasteiger partial charge is 0.494 e. The van der Waals surface area contributed by atoms with Crippen molar-refractivity contribution in [3.05, 3.63) is 59.7 Å². The molecule has 0 aliphatic carbocycles. The Morgan fingerprint density at radius 1 is 1.09 bits per heavy atom. The average Bonchev–Trinajstić information content (AvgIpc) is 2.60. The number of hydrogen-bond donors (Lipinski definition) is 1. The van der Waals surface area contributed by atoms with Crippen LogP contribution in [0.5, 0.6) is 5.75 Å². The van der Waals surface area contributed by atoms with Gasteiger partial charge in [-0.05, 0) is 54.7 Å². The lowest BCUT2D eigenvalue weighted by Crippen LogP contribution is -2.13. The second-order valence-corrected chi connectivity index (χ2v) is 5.72. The van der Waals surface area contributed by atoms with Crippen LogP contribution in [0.2, 0.25) is 0 Å². The summed E-state index contributed by atoms with van der Waals surface area (Å²) in [6.45, 7) is 7.08. The molecule has 2 aromatic rings. The van der Waals surface area contributed by atoms with Crippen LogP contribution < -0.4 is 10.1 Å². The quantitative estimate of drug-likeness (QED) is 0.759. The first kappa shape index (κ1) is 17.1. The molecule has 23 heavy (non-hydrogen) atoms. The number of benzene rings is 2. The molecule has 0 fully saturated rings. The normalized spacial score (nSPS) is 11.8. The number of amides is 1. The van der Waals surface area contributed by atoms with Gasteiger partial charge in [0.2, 0.25) is 0 Å². The molecule has 2 rings (SSSR count). The first-order chi connectivity index (χ1) is 11.2. The van der Waals surface area contributed by atoms with Crippen molar-refractivity contribution in [2.75, 3.05) is 11.9 Å². The molecule has 3 heteroatoms. The lowest BCUT2D eigenvalue weighted by Gasteiger charge is -2.15. The first-order valence-electron chi connectivity index (χ1n) is 8.28. The summed E-state index contributed by atoms with van der Waals surface area (Å²) in [6.07, 6.45) is 2.00. The molecule has 0 radical (unpaired) electrons. The van der Waals surface area contributed by atoms with Gasteiger partial charge in [-0.25, -0.2) is 0 Å². The minimum Gasteiger partial charge on any atom is -0.494 e. The highest BCUT2D eigenvalue weighted by Gasteiger charge is 2.12. The Labute approximate surface area is 138 Å². The molecule has 0 aliphatic heterocycles. The Morgan fingerprint density at radius 3 is 2.43 bits per heavy atom. The molecule has 1 atom stereocenters. The zero-order valence-corrected chi connectivity index (χ0v) is 14.1. The molecule has 2 aromatic carbocycles. The highest BCUT2D eigenvalue weighted by atomic mass is 16.5. The summed E-state index contributed by atoms with van der Waals surface area (Å²) in [7, 11) is 0. The van der Waals surface area contributed by atoms with Gasteiger partial charge in [-0.2, -0.15) is 0 Å². The molecule has 0 bridgehead atoms. The van der Waals surface area contributed by atoms with E-state index in [-0.39, 0.29) is 5.91 Å².